The second-order valence-electron chi connectivity index (χ2n) is 5.58. The molecule has 2 aliphatic rings. The van der Waals surface area contributed by atoms with Crippen LogP contribution in [0, 0.1) is 5.41 Å². The molecule has 0 N–H and O–H groups in total. The molecule has 2 rings (SSSR count). The van der Waals surface area contributed by atoms with Crippen molar-refractivity contribution in [2.75, 3.05) is 20.5 Å². The zero-order chi connectivity index (χ0) is 11.2. The number of epoxide rings is 1. The smallest absolute Gasteiger partial charge is 0.146 e. The maximum absolute atomic E-state index is 6.00. The van der Waals surface area contributed by atoms with Crippen molar-refractivity contribution < 1.29 is 14.2 Å². The third-order valence-corrected chi connectivity index (χ3v) is 4.52. The van der Waals surface area contributed by atoms with Crippen molar-refractivity contribution in [3.05, 3.63) is 0 Å². The van der Waals surface area contributed by atoms with Crippen LogP contribution in [0.3, 0.4) is 0 Å². The van der Waals surface area contributed by atoms with Crippen LogP contribution in [0.15, 0.2) is 0 Å². The molecule has 0 amide bonds. The summed E-state index contributed by atoms with van der Waals surface area (Å²) >= 11 is 0. The van der Waals surface area contributed by atoms with E-state index in [1.54, 1.807) is 7.11 Å². The van der Waals surface area contributed by atoms with Crippen LogP contribution in [0.4, 0.5) is 0 Å². The molecule has 1 saturated carbocycles. The Morgan fingerprint density at radius 2 is 1.93 bits per heavy atom. The lowest BCUT2D eigenvalue weighted by molar-refractivity contribution is -0.0362. The van der Waals surface area contributed by atoms with Crippen LogP contribution in [0.1, 0.15) is 40.0 Å². The van der Waals surface area contributed by atoms with Gasteiger partial charge in [0, 0.05) is 13.5 Å². The molecule has 3 heteroatoms. The molecule has 3 nitrogen and oxygen atoms in total. The van der Waals surface area contributed by atoms with Gasteiger partial charge in [0.05, 0.1) is 6.61 Å². The number of ether oxygens (including phenoxy) is 3. The SMILES string of the molecule is COCOCCC12CCC(C)(C)C1(C)O2. The molecule has 2 fully saturated rings. The predicted molar refractivity (Wildman–Crippen MR) is 57.7 cm³/mol. The van der Waals surface area contributed by atoms with Crippen molar-refractivity contribution in [3.8, 4) is 0 Å². The fourth-order valence-electron chi connectivity index (χ4n) is 2.96. The van der Waals surface area contributed by atoms with E-state index in [9.17, 15) is 0 Å². The molecule has 1 aliphatic carbocycles. The number of hydrogen-bond acceptors (Lipinski definition) is 3. The summed E-state index contributed by atoms with van der Waals surface area (Å²) in [5.74, 6) is 0. The highest BCUT2D eigenvalue weighted by atomic mass is 16.7. The first kappa shape index (κ1) is 11.4. The average Bonchev–Trinajstić information content (AvgIpc) is 2.73. The Labute approximate surface area is 92.1 Å². The summed E-state index contributed by atoms with van der Waals surface area (Å²) in [5.41, 5.74) is 0.495. The van der Waals surface area contributed by atoms with Gasteiger partial charge in [-0.15, -0.1) is 0 Å². The van der Waals surface area contributed by atoms with E-state index in [-0.39, 0.29) is 11.2 Å². The fourth-order valence-corrected chi connectivity index (χ4v) is 2.96. The highest BCUT2D eigenvalue weighted by molar-refractivity contribution is 5.24. The first-order valence-corrected chi connectivity index (χ1v) is 5.74. The maximum atomic E-state index is 6.00. The van der Waals surface area contributed by atoms with Crippen LogP contribution in [0.25, 0.3) is 0 Å². The van der Waals surface area contributed by atoms with E-state index in [1.807, 2.05) is 0 Å². The Bertz CT molecular complexity index is 247. The molecule has 1 aliphatic heterocycles. The Balaban J connectivity index is 1.85. The minimum Gasteiger partial charge on any atom is -0.362 e. The fraction of sp³-hybridized carbons (Fsp3) is 1.00. The summed E-state index contributed by atoms with van der Waals surface area (Å²) in [5, 5.41) is 0. The van der Waals surface area contributed by atoms with Gasteiger partial charge in [-0.3, -0.25) is 0 Å². The summed E-state index contributed by atoms with van der Waals surface area (Å²) in [6, 6.07) is 0. The first-order valence-electron chi connectivity index (χ1n) is 5.74. The third-order valence-electron chi connectivity index (χ3n) is 4.52. The largest absolute Gasteiger partial charge is 0.362 e. The molecule has 15 heavy (non-hydrogen) atoms. The van der Waals surface area contributed by atoms with E-state index < -0.39 is 0 Å². The van der Waals surface area contributed by atoms with Gasteiger partial charge >= 0.3 is 0 Å². The molecular weight excluding hydrogens is 192 g/mol. The molecule has 2 atom stereocenters. The van der Waals surface area contributed by atoms with E-state index in [4.69, 9.17) is 14.2 Å². The number of hydrogen-bond donors (Lipinski definition) is 0. The molecule has 0 aromatic carbocycles. The molecule has 0 aromatic rings. The van der Waals surface area contributed by atoms with E-state index in [0.717, 1.165) is 13.0 Å². The molecule has 0 bridgehead atoms. The normalized spacial score (nSPS) is 41.6. The quantitative estimate of drug-likeness (QED) is 0.400. The van der Waals surface area contributed by atoms with E-state index >= 15 is 0 Å². The summed E-state index contributed by atoms with van der Waals surface area (Å²) in [6.45, 7) is 7.97. The Morgan fingerprint density at radius 1 is 1.20 bits per heavy atom. The number of fused-ring (bicyclic) bond motifs is 1. The molecule has 1 heterocycles. The van der Waals surface area contributed by atoms with Crippen LogP contribution >= 0.6 is 0 Å². The molecule has 1 saturated heterocycles. The van der Waals surface area contributed by atoms with Crippen LogP contribution < -0.4 is 0 Å². The minimum absolute atomic E-state index is 0.0798. The third kappa shape index (κ3) is 1.52. The van der Waals surface area contributed by atoms with Gasteiger partial charge in [-0.2, -0.15) is 0 Å². The van der Waals surface area contributed by atoms with E-state index in [1.165, 1.54) is 12.8 Å². The van der Waals surface area contributed by atoms with Crippen LogP contribution in [0.2, 0.25) is 0 Å². The van der Waals surface area contributed by atoms with Crippen molar-refractivity contribution in [2.24, 2.45) is 5.41 Å². The van der Waals surface area contributed by atoms with Gasteiger partial charge in [-0.1, -0.05) is 13.8 Å². The van der Waals surface area contributed by atoms with Crippen molar-refractivity contribution in [1.82, 2.24) is 0 Å². The molecular formula is C12H22O3. The van der Waals surface area contributed by atoms with Gasteiger partial charge in [-0.05, 0) is 25.2 Å². The monoisotopic (exact) mass is 214 g/mol. The predicted octanol–water partition coefficient (Wildman–Crippen LogP) is 2.34. The van der Waals surface area contributed by atoms with Crippen LogP contribution in [-0.2, 0) is 14.2 Å². The number of methoxy groups -OCH3 is 1. The lowest BCUT2D eigenvalue weighted by Crippen LogP contribution is -2.30. The second kappa shape index (κ2) is 3.44. The summed E-state index contributed by atoms with van der Waals surface area (Å²) in [4.78, 5) is 0. The van der Waals surface area contributed by atoms with Crippen molar-refractivity contribution >= 4 is 0 Å². The molecule has 0 radical (unpaired) electrons. The standard InChI is InChI=1S/C12H22O3/c1-10(2)5-6-12(11(10,3)15-12)7-8-14-9-13-4/h5-9H2,1-4H3. The first-order chi connectivity index (χ1) is 6.97. The minimum atomic E-state index is 0.0798. The molecule has 88 valence electrons. The zero-order valence-corrected chi connectivity index (χ0v) is 10.3. The van der Waals surface area contributed by atoms with E-state index in [0.29, 0.717) is 12.2 Å². The van der Waals surface area contributed by atoms with E-state index in [2.05, 4.69) is 20.8 Å². The topological polar surface area (TPSA) is 31.0 Å². The van der Waals surface area contributed by atoms with Crippen molar-refractivity contribution in [1.29, 1.82) is 0 Å². The summed E-state index contributed by atoms with van der Waals surface area (Å²) < 4.78 is 16.2. The van der Waals surface area contributed by atoms with Crippen molar-refractivity contribution in [2.45, 2.75) is 51.2 Å². The van der Waals surface area contributed by atoms with Crippen molar-refractivity contribution in [3.63, 3.8) is 0 Å². The summed E-state index contributed by atoms with van der Waals surface area (Å²) in [7, 11) is 1.65. The van der Waals surface area contributed by atoms with Crippen LogP contribution in [-0.4, -0.2) is 31.7 Å². The van der Waals surface area contributed by atoms with Gasteiger partial charge in [0.2, 0.25) is 0 Å². The summed E-state index contributed by atoms with van der Waals surface area (Å²) in [6.07, 6.45) is 3.43. The maximum Gasteiger partial charge on any atom is 0.146 e. The highest BCUT2D eigenvalue weighted by Crippen LogP contribution is 2.69. The number of rotatable bonds is 5. The molecule has 0 spiro atoms. The van der Waals surface area contributed by atoms with Gasteiger partial charge < -0.3 is 14.2 Å². The second-order valence-corrected chi connectivity index (χ2v) is 5.58. The van der Waals surface area contributed by atoms with Gasteiger partial charge in [-0.25, -0.2) is 0 Å². The molecule has 0 aromatic heterocycles. The van der Waals surface area contributed by atoms with Crippen LogP contribution in [0.5, 0.6) is 0 Å². The average molecular weight is 214 g/mol. The van der Waals surface area contributed by atoms with Gasteiger partial charge in [0.15, 0.2) is 0 Å². The Morgan fingerprint density at radius 3 is 2.40 bits per heavy atom. The lowest BCUT2D eigenvalue weighted by atomic mass is 9.79. The van der Waals surface area contributed by atoms with Gasteiger partial charge in [0.25, 0.3) is 0 Å². The Hall–Kier alpha value is -0.120. The highest BCUT2D eigenvalue weighted by Gasteiger charge is 2.76. The Kier molecular flexibility index (Phi) is 2.61. The van der Waals surface area contributed by atoms with Gasteiger partial charge in [0.1, 0.15) is 18.0 Å². The lowest BCUT2D eigenvalue weighted by Gasteiger charge is -2.24. The molecule has 2 unspecified atom stereocenters. The zero-order valence-electron chi connectivity index (χ0n) is 10.3.